The van der Waals surface area contributed by atoms with Crippen LogP contribution in [-0.4, -0.2) is 70.5 Å². The maximum atomic E-state index is 13.9. The van der Waals surface area contributed by atoms with Crippen LogP contribution in [0.3, 0.4) is 0 Å². The number of nitrogens with zero attached hydrogens (tertiary/aromatic N) is 6. The van der Waals surface area contributed by atoms with Crippen LogP contribution >= 0.6 is 0 Å². The summed E-state index contributed by atoms with van der Waals surface area (Å²) in [6.45, 7) is 2.19. The van der Waals surface area contributed by atoms with Crippen molar-refractivity contribution in [2.45, 2.75) is 56.0 Å². The Morgan fingerprint density at radius 1 is 0.818 bits per heavy atom. The van der Waals surface area contributed by atoms with Gasteiger partial charge in [0.1, 0.15) is 5.82 Å². The van der Waals surface area contributed by atoms with Crippen LogP contribution in [0.2, 0.25) is 0 Å². The third kappa shape index (κ3) is 3.55. The van der Waals surface area contributed by atoms with Gasteiger partial charge in [0.05, 0.1) is 61.7 Å². The van der Waals surface area contributed by atoms with Crippen LogP contribution in [0.15, 0.2) is 12.3 Å². The van der Waals surface area contributed by atoms with E-state index in [0.29, 0.717) is 38.3 Å². The van der Waals surface area contributed by atoms with Gasteiger partial charge in [-0.1, -0.05) is 0 Å². The van der Waals surface area contributed by atoms with Crippen LogP contribution in [0.25, 0.3) is 11.4 Å². The Morgan fingerprint density at radius 3 is 1.76 bits per heavy atom. The van der Waals surface area contributed by atoms with E-state index in [-0.39, 0.29) is 41.4 Å². The van der Waals surface area contributed by atoms with Crippen molar-refractivity contribution in [3.63, 3.8) is 0 Å². The molecule has 4 bridgehead atoms. The van der Waals surface area contributed by atoms with Gasteiger partial charge in [-0.05, 0) is 31.7 Å². The maximum Gasteiger partial charge on any atom is 0.417 e. The van der Waals surface area contributed by atoms with E-state index in [1.54, 1.807) is 0 Å². The van der Waals surface area contributed by atoms with Crippen LogP contribution in [0.4, 0.5) is 30.9 Å². The molecule has 0 aromatic carbocycles. The van der Waals surface area contributed by atoms with Crippen molar-refractivity contribution in [2.24, 2.45) is 0 Å². The van der Waals surface area contributed by atoms with Crippen molar-refractivity contribution in [3.8, 4) is 11.4 Å². The highest BCUT2D eigenvalue weighted by Crippen LogP contribution is 2.40. The molecule has 0 saturated carbocycles. The first-order valence-corrected chi connectivity index (χ1v) is 11.2. The highest BCUT2D eigenvalue weighted by Gasteiger charge is 2.43. The fourth-order valence-electron chi connectivity index (χ4n) is 5.50. The van der Waals surface area contributed by atoms with Crippen LogP contribution in [0, 0.1) is 0 Å². The number of hydrogen-bond donors (Lipinski definition) is 1. The molecule has 6 rings (SSSR count). The Hall–Kier alpha value is -2.73. The monoisotopic (exact) mass is 463 g/mol. The first-order valence-electron chi connectivity index (χ1n) is 11.2. The second kappa shape index (κ2) is 7.66. The van der Waals surface area contributed by atoms with Crippen molar-refractivity contribution in [1.82, 2.24) is 19.9 Å². The minimum Gasteiger partial charge on any atom is -0.384 e. The molecule has 4 atom stereocenters. The number of nitrogens with two attached hydrogens (primary N) is 1. The van der Waals surface area contributed by atoms with E-state index in [2.05, 4.69) is 24.8 Å². The Labute approximate surface area is 188 Å². The highest BCUT2D eigenvalue weighted by molar-refractivity contribution is 5.65. The molecule has 4 fully saturated rings. The van der Waals surface area contributed by atoms with Gasteiger partial charge in [0.2, 0.25) is 11.9 Å². The molecule has 0 amide bonds. The van der Waals surface area contributed by atoms with Gasteiger partial charge in [0.25, 0.3) is 0 Å². The number of pyridine rings is 1. The van der Waals surface area contributed by atoms with Gasteiger partial charge in [-0.25, -0.2) is 4.98 Å². The second-order valence-corrected chi connectivity index (χ2v) is 9.07. The summed E-state index contributed by atoms with van der Waals surface area (Å²) in [6, 6.07) is 1.22. The number of aromatic nitrogens is 4. The molecule has 0 spiro atoms. The van der Waals surface area contributed by atoms with E-state index in [4.69, 9.17) is 20.2 Å². The second-order valence-electron chi connectivity index (χ2n) is 9.07. The lowest BCUT2D eigenvalue weighted by atomic mass is 10.1. The molecule has 4 aliphatic heterocycles. The molecule has 0 aliphatic carbocycles. The van der Waals surface area contributed by atoms with Crippen molar-refractivity contribution in [3.05, 3.63) is 17.8 Å². The number of morpholine rings is 2. The van der Waals surface area contributed by atoms with Crippen molar-refractivity contribution in [2.75, 3.05) is 42.0 Å². The number of halogens is 3. The van der Waals surface area contributed by atoms with Gasteiger partial charge in [-0.2, -0.15) is 28.1 Å². The zero-order valence-corrected chi connectivity index (χ0v) is 17.8. The normalized spacial score (nSPS) is 29.1. The number of ether oxygens (including phenoxy) is 2. The van der Waals surface area contributed by atoms with E-state index < -0.39 is 11.7 Å². The number of nitrogen functional groups attached to an aromatic ring is 1. The topological polar surface area (TPSA) is 103 Å². The van der Waals surface area contributed by atoms with Gasteiger partial charge < -0.3 is 25.0 Å². The molecule has 4 aliphatic rings. The summed E-state index contributed by atoms with van der Waals surface area (Å²) in [7, 11) is 0. The van der Waals surface area contributed by atoms with Crippen LogP contribution in [-0.2, 0) is 15.7 Å². The summed E-state index contributed by atoms with van der Waals surface area (Å²) in [5.41, 5.74) is 4.46. The van der Waals surface area contributed by atoms with E-state index in [1.807, 2.05) is 0 Å². The SMILES string of the molecule is Nc1cc(C(F)(F)F)c(-c2nc(N3C4CCC3COC4)nc(N3C4CCC3COC4)n2)cn1. The van der Waals surface area contributed by atoms with E-state index in [9.17, 15) is 13.2 Å². The van der Waals surface area contributed by atoms with Gasteiger partial charge in [-0.3, -0.25) is 0 Å². The fraction of sp³-hybridized carbons (Fsp3) is 0.619. The summed E-state index contributed by atoms with van der Waals surface area (Å²) < 4.78 is 53.0. The maximum absolute atomic E-state index is 13.9. The predicted molar refractivity (Wildman–Crippen MR) is 113 cm³/mol. The standard InChI is InChI=1S/C21H24F3N7O2/c22-21(23,24)16-5-17(25)26-6-15(16)18-27-19(30-11-1-2-12(30)8-32-7-11)29-20(28-18)31-13-3-4-14(31)10-33-9-13/h5-6,11-14H,1-4,7-10H2,(H2,25,26). The average molecular weight is 463 g/mol. The molecule has 33 heavy (non-hydrogen) atoms. The molecule has 6 heterocycles. The lowest BCUT2D eigenvalue weighted by molar-refractivity contribution is -0.137. The van der Waals surface area contributed by atoms with Gasteiger partial charge in [0.15, 0.2) is 5.82 Å². The third-order valence-corrected chi connectivity index (χ3v) is 7.03. The number of rotatable bonds is 3. The quantitative estimate of drug-likeness (QED) is 0.734. The van der Waals surface area contributed by atoms with Crippen LogP contribution in [0.1, 0.15) is 31.2 Å². The molecule has 0 radical (unpaired) electrons. The number of anilines is 3. The van der Waals surface area contributed by atoms with E-state index >= 15 is 0 Å². The third-order valence-electron chi connectivity index (χ3n) is 7.03. The molecule has 12 heteroatoms. The zero-order valence-electron chi connectivity index (χ0n) is 17.8. The summed E-state index contributed by atoms with van der Waals surface area (Å²) in [6.07, 6.45) is 0.197. The van der Waals surface area contributed by atoms with Crippen molar-refractivity contribution < 1.29 is 22.6 Å². The number of alkyl halides is 3. The first-order chi connectivity index (χ1) is 15.9. The molecular formula is C21H24F3N7O2. The Morgan fingerprint density at radius 2 is 1.30 bits per heavy atom. The van der Waals surface area contributed by atoms with Gasteiger partial charge in [-0.15, -0.1) is 0 Å². The molecule has 4 unspecified atom stereocenters. The summed E-state index contributed by atoms with van der Waals surface area (Å²) in [5.74, 6) is 0.521. The van der Waals surface area contributed by atoms with Crippen LogP contribution < -0.4 is 15.5 Å². The molecule has 4 saturated heterocycles. The van der Waals surface area contributed by atoms with E-state index in [0.717, 1.165) is 37.9 Å². The molecule has 2 aromatic heterocycles. The molecular weight excluding hydrogens is 439 g/mol. The van der Waals surface area contributed by atoms with Crippen molar-refractivity contribution in [1.29, 1.82) is 0 Å². The van der Waals surface area contributed by atoms with Gasteiger partial charge >= 0.3 is 6.18 Å². The molecule has 2 N–H and O–H groups in total. The Kier molecular flexibility index (Phi) is 4.84. The lowest BCUT2D eigenvalue weighted by Crippen LogP contribution is -2.48. The smallest absolute Gasteiger partial charge is 0.384 e. The van der Waals surface area contributed by atoms with Crippen molar-refractivity contribution >= 4 is 17.7 Å². The fourth-order valence-corrected chi connectivity index (χ4v) is 5.50. The summed E-state index contributed by atoms with van der Waals surface area (Å²) in [4.78, 5) is 22.0. The minimum absolute atomic E-state index is 0.0494. The Bertz CT molecular complexity index is 988. The predicted octanol–water partition coefficient (Wildman–Crippen LogP) is 2.27. The zero-order chi connectivity index (χ0) is 22.7. The minimum atomic E-state index is -4.63. The van der Waals surface area contributed by atoms with Crippen LogP contribution in [0.5, 0.6) is 0 Å². The molecule has 2 aromatic rings. The number of fused-ring (bicyclic) bond motifs is 4. The first kappa shape index (κ1) is 20.8. The molecule has 9 nitrogen and oxygen atoms in total. The number of hydrogen-bond acceptors (Lipinski definition) is 9. The summed E-state index contributed by atoms with van der Waals surface area (Å²) in [5, 5.41) is 0. The largest absolute Gasteiger partial charge is 0.417 e. The average Bonchev–Trinajstić information content (AvgIpc) is 3.19. The Balaban J connectivity index is 1.51. The highest BCUT2D eigenvalue weighted by atomic mass is 19.4. The van der Waals surface area contributed by atoms with Gasteiger partial charge in [0, 0.05) is 6.20 Å². The lowest BCUT2D eigenvalue weighted by Gasteiger charge is -2.37. The molecule has 176 valence electrons. The van der Waals surface area contributed by atoms with E-state index in [1.165, 1.54) is 0 Å². The summed E-state index contributed by atoms with van der Waals surface area (Å²) >= 11 is 0.